The van der Waals surface area contributed by atoms with Crippen LogP contribution < -0.4 is 5.32 Å². The third-order valence-corrected chi connectivity index (χ3v) is 5.48. The number of anilines is 1. The summed E-state index contributed by atoms with van der Waals surface area (Å²) in [5.74, 6) is 0.253. The summed E-state index contributed by atoms with van der Waals surface area (Å²) in [6.45, 7) is 2.28. The number of fused-ring (bicyclic) bond motifs is 3. The molecule has 2 N–H and O–H groups in total. The zero-order chi connectivity index (χ0) is 19.7. The third-order valence-electron chi connectivity index (χ3n) is 5.48. The number of nitrogens with one attached hydrogen (secondary N) is 2. The molecule has 144 valence electrons. The summed E-state index contributed by atoms with van der Waals surface area (Å²) in [4.78, 5) is 27.6. The highest BCUT2D eigenvalue weighted by atomic mass is 16.5. The maximum atomic E-state index is 12.7. The Kier molecular flexibility index (Phi) is 4.90. The second-order valence-electron chi connectivity index (χ2n) is 7.59. The van der Waals surface area contributed by atoms with Gasteiger partial charge >= 0.3 is 5.97 Å². The van der Waals surface area contributed by atoms with Crippen molar-refractivity contribution in [3.63, 3.8) is 0 Å². The van der Waals surface area contributed by atoms with Crippen molar-refractivity contribution >= 4 is 28.5 Å². The minimum Gasteiger partial charge on any atom is -0.469 e. The Labute approximate surface area is 164 Å². The van der Waals surface area contributed by atoms with Crippen LogP contribution >= 0.6 is 0 Å². The molecule has 28 heavy (non-hydrogen) atoms. The number of hydrogen-bond acceptors (Lipinski definition) is 3. The molecule has 0 radical (unpaired) electrons. The molecule has 5 heteroatoms. The molecule has 1 aliphatic carbocycles. The Balaban J connectivity index is 1.52. The van der Waals surface area contributed by atoms with Gasteiger partial charge in [0, 0.05) is 27.8 Å². The summed E-state index contributed by atoms with van der Waals surface area (Å²) in [7, 11) is 1.37. The Morgan fingerprint density at radius 2 is 1.96 bits per heavy atom. The quantitative estimate of drug-likeness (QED) is 0.668. The lowest BCUT2D eigenvalue weighted by atomic mass is 9.87. The fourth-order valence-corrected chi connectivity index (χ4v) is 3.88. The van der Waals surface area contributed by atoms with Gasteiger partial charge in [-0.25, -0.2) is 0 Å². The lowest BCUT2D eigenvalue weighted by molar-refractivity contribution is -0.139. The molecule has 0 aliphatic heterocycles. The summed E-state index contributed by atoms with van der Waals surface area (Å²) >= 11 is 0. The summed E-state index contributed by atoms with van der Waals surface area (Å²) < 4.78 is 4.67. The van der Waals surface area contributed by atoms with Gasteiger partial charge in [0.1, 0.15) is 0 Å². The molecule has 0 saturated heterocycles. The van der Waals surface area contributed by atoms with Gasteiger partial charge in [0.15, 0.2) is 0 Å². The molecule has 1 aromatic heterocycles. The van der Waals surface area contributed by atoms with E-state index in [4.69, 9.17) is 0 Å². The van der Waals surface area contributed by atoms with E-state index in [-0.39, 0.29) is 18.3 Å². The molecule has 1 amide bonds. The van der Waals surface area contributed by atoms with Crippen LogP contribution in [0, 0.1) is 5.92 Å². The average molecular weight is 376 g/mol. The molecule has 0 saturated carbocycles. The number of amides is 1. The zero-order valence-corrected chi connectivity index (χ0v) is 16.2. The van der Waals surface area contributed by atoms with E-state index in [0.717, 1.165) is 29.3 Å². The first-order valence-corrected chi connectivity index (χ1v) is 9.64. The monoisotopic (exact) mass is 376 g/mol. The standard InChI is InChI=1S/C23H24N2O3/c1-14-3-9-20-18(11-14)19-13-16(6-10-21(19)25-20)23(27)24-17-7-4-15(5-8-17)12-22(26)28-2/h4-8,10,13-14,25H,3,9,11-12H2,1-2H3,(H,24,27)/t14-/m0/s1. The third kappa shape index (κ3) is 3.65. The van der Waals surface area contributed by atoms with Gasteiger partial charge in [0.2, 0.25) is 0 Å². The number of carbonyl (C=O) groups is 2. The molecule has 1 aliphatic rings. The average Bonchev–Trinajstić information content (AvgIpc) is 3.06. The van der Waals surface area contributed by atoms with Gasteiger partial charge in [0.25, 0.3) is 5.91 Å². The Morgan fingerprint density at radius 3 is 2.71 bits per heavy atom. The highest BCUT2D eigenvalue weighted by Crippen LogP contribution is 2.32. The van der Waals surface area contributed by atoms with Gasteiger partial charge < -0.3 is 15.0 Å². The summed E-state index contributed by atoms with van der Waals surface area (Å²) in [6.07, 6.45) is 3.56. The van der Waals surface area contributed by atoms with Crippen LogP contribution in [0.4, 0.5) is 5.69 Å². The Hall–Kier alpha value is -3.08. The molecule has 3 aromatic rings. The summed E-state index contributed by atoms with van der Waals surface area (Å²) in [6, 6.07) is 13.1. The van der Waals surface area contributed by atoms with E-state index in [1.807, 2.05) is 30.3 Å². The number of methoxy groups -OCH3 is 1. The van der Waals surface area contributed by atoms with Crippen molar-refractivity contribution in [3.05, 3.63) is 64.8 Å². The van der Waals surface area contributed by atoms with Gasteiger partial charge in [-0.3, -0.25) is 9.59 Å². The van der Waals surface area contributed by atoms with Gasteiger partial charge in [-0.2, -0.15) is 0 Å². The van der Waals surface area contributed by atoms with E-state index in [9.17, 15) is 9.59 Å². The number of H-pyrrole nitrogens is 1. The lowest BCUT2D eigenvalue weighted by Gasteiger charge is -2.18. The number of aromatic nitrogens is 1. The van der Waals surface area contributed by atoms with Gasteiger partial charge in [-0.15, -0.1) is 0 Å². The first-order chi connectivity index (χ1) is 13.5. The van der Waals surface area contributed by atoms with Crippen molar-refractivity contribution in [3.8, 4) is 0 Å². The van der Waals surface area contributed by atoms with E-state index in [0.29, 0.717) is 17.2 Å². The van der Waals surface area contributed by atoms with E-state index in [1.54, 1.807) is 12.1 Å². The second-order valence-corrected chi connectivity index (χ2v) is 7.59. The predicted octanol–water partition coefficient (Wildman–Crippen LogP) is 4.26. The van der Waals surface area contributed by atoms with Crippen LogP contribution in [0.3, 0.4) is 0 Å². The predicted molar refractivity (Wildman–Crippen MR) is 110 cm³/mol. The molecule has 1 atom stereocenters. The minimum absolute atomic E-state index is 0.138. The van der Waals surface area contributed by atoms with Crippen molar-refractivity contribution in [2.45, 2.75) is 32.6 Å². The largest absolute Gasteiger partial charge is 0.469 e. The first kappa shape index (κ1) is 18.3. The van der Waals surface area contributed by atoms with Crippen LogP contribution in [0.25, 0.3) is 10.9 Å². The normalized spacial score (nSPS) is 15.9. The van der Waals surface area contributed by atoms with Crippen LogP contribution in [0.2, 0.25) is 0 Å². The number of aromatic amines is 1. The molecule has 4 rings (SSSR count). The number of ether oxygens (including phenoxy) is 1. The van der Waals surface area contributed by atoms with Crippen LogP contribution in [-0.2, 0) is 28.8 Å². The van der Waals surface area contributed by atoms with Crippen molar-refractivity contribution in [2.24, 2.45) is 5.92 Å². The second kappa shape index (κ2) is 7.50. The maximum Gasteiger partial charge on any atom is 0.309 e. The smallest absolute Gasteiger partial charge is 0.309 e. The van der Waals surface area contributed by atoms with Crippen molar-refractivity contribution in [2.75, 3.05) is 12.4 Å². The lowest BCUT2D eigenvalue weighted by Crippen LogP contribution is -2.12. The molecule has 2 aromatic carbocycles. The minimum atomic E-state index is -0.283. The van der Waals surface area contributed by atoms with Crippen molar-refractivity contribution in [1.82, 2.24) is 4.98 Å². The molecular weight excluding hydrogens is 352 g/mol. The summed E-state index contributed by atoms with van der Waals surface area (Å²) in [5.41, 5.74) is 5.96. The number of benzene rings is 2. The number of esters is 1. The number of carbonyl (C=O) groups excluding carboxylic acids is 2. The van der Waals surface area contributed by atoms with Gasteiger partial charge in [-0.05, 0) is 66.6 Å². The van der Waals surface area contributed by atoms with Crippen molar-refractivity contribution < 1.29 is 14.3 Å². The number of rotatable bonds is 4. The van der Waals surface area contributed by atoms with E-state index in [1.165, 1.54) is 24.8 Å². The Bertz CT molecular complexity index is 1030. The zero-order valence-electron chi connectivity index (χ0n) is 16.2. The molecular formula is C23H24N2O3. The van der Waals surface area contributed by atoms with E-state index >= 15 is 0 Å². The topological polar surface area (TPSA) is 71.2 Å². The molecule has 5 nitrogen and oxygen atoms in total. The maximum absolute atomic E-state index is 12.7. The summed E-state index contributed by atoms with van der Waals surface area (Å²) in [5, 5.41) is 4.09. The first-order valence-electron chi connectivity index (χ1n) is 9.64. The fraction of sp³-hybridized carbons (Fsp3) is 0.304. The van der Waals surface area contributed by atoms with Crippen molar-refractivity contribution in [1.29, 1.82) is 0 Å². The molecule has 0 bridgehead atoms. The van der Waals surface area contributed by atoms with E-state index in [2.05, 4.69) is 22.0 Å². The molecule has 1 heterocycles. The molecule has 0 spiro atoms. The Morgan fingerprint density at radius 1 is 1.18 bits per heavy atom. The highest BCUT2D eigenvalue weighted by Gasteiger charge is 2.20. The van der Waals surface area contributed by atoms with Crippen LogP contribution in [0.1, 0.15) is 40.5 Å². The molecule has 0 unspecified atom stereocenters. The molecule has 0 fully saturated rings. The van der Waals surface area contributed by atoms with Crippen LogP contribution in [-0.4, -0.2) is 24.0 Å². The fourth-order valence-electron chi connectivity index (χ4n) is 3.88. The van der Waals surface area contributed by atoms with E-state index < -0.39 is 0 Å². The SMILES string of the molecule is COC(=O)Cc1ccc(NC(=O)c2ccc3[nH]c4c(c3c2)C[C@@H](C)CC4)cc1. The van der Waals surface area contributed by atoms with Crippen LogP contribution in [0.5, 0.6) is 0 Å². The van der Waals surface area contributed by atoms with Gasteiger partial charge in [-0.1, -0.05) is 19.1 Å². The van der Waals surface area contributed by atoms with Gasteiger partial charge in [0.05, 0.1) is 13.5 Å². The highest BCUT2D eigenvalue weighted by molar-refractivity contribution is 6.06. The number of hydrogen-bond donors (Lipinski definition) is 2. The number of aryl methyl sites for hydroxylation is 1. The van der Waals surface area contributed by atoms with Crippen LogP contribution in [0.15, 0.2) is 42.5 Å².